The number of rotatable bonds is 3. The van der Waals surface area contributed by atoms with Crippen molar-refractivity contribution in [2.75, 3.05) is 31.6 Å². The van der Waals surface area contributed by atoms with Crippen LogP contribution in [0.1, 0.15) is 6.42 Å². The second-order valence-electron chi connectivity index (χ2n) is 4.03. The molecule has 0 saturated carbocycles. The lowest BCUT2D eigenvalue weighted by Gasteiger charge is -2.15. The summed E-state index contributed by atoms with van der Waals surface area (Å²) in [6.45, 7) is 3.45. The molecular formula is C10H18N4. The van der Waals surface area contributed by atoms with E-state index in [1.165, 1.54) is 12.1 Å². The zero-order valence-corrected chi connectivity index (χ0v) is 8.90. The van der Waals surface area contributed by atoms with E-state index in [1.54, 1.807) is 0 Å². The largest absolute Gasteiger partial charge is 0.369 e. The first-order valence-electron chi connectivity index (χ1n) is 5.18. The maximum absolute atomic E-state index is 4.19. The van der Waals surface area contributed by atoms with Crippen LogP contribution in [0.2, 0.25) is 0 Å². The molecular weight excluding hydrogens is 176 g/mol. The second kappa shape index (κ2) is 4.00. The van der Waals surface area contributed by atoms with Crippen LogP contribution in [0.3, 0.4) is 0 Å². The molecule has 1 aliphatic heterocycles. The van der Waals surface area contributed by atoms with Crippen molar-refractivity contribution >= 4 is 5.69 Å². The van der Waals surface area contributed by atoms with Crippen molar-refractivity contribution in [1.29, 1.82) is 0 Å². The van der Waals surface area contributed by atoms with Gasteiger partial charge >= 0.3 is 0 Å². The van der Waals surface area contributed by atoms with Gasteiger partial charge in [0, 0.05) is 26.3 Å². The van der Waals surface area contributed by atoms with E-state index in [9.17, 15) is 0 Å². The van der Waals surface area contributed by atoms with Crippen molar-refractivity contribution in [1.82, 2.24) is 15.1 Å². The highest BCUT2D eigenvalue weighted by Gasteiger charge is 2.22. The van der Waals surface area contributed by atoms with Crippen molar-refractivity contribution in [2.45, 2.75) is 6.42 Å². The van der Waals surface area contributed by atoms with Gasteiger partial charge in [-0.1, -0.05) is 0 Å². The van der Waals surface area contributed by atoms with Gasteiger partial charge in [-0.05, 0) is 25.9 Å². The summed E-state index contributed by atoms with van der Waals surface area (Å²) in [6, 6.07) is 0. The monoisotopic (exact) mass is 194 g/mol. The molecule has 1 aromatic rings. The van der Waals surface area contributed by atoms with Crippen LogP contribution in [-0.4, -0.2) is 36.5 Å². The van der Waals surface area contributed by atoms with Crippen molar-refractivity contribution in [3.8, 4) is 0 Å². The van der Waals surface area contributed by atoms with E-state index < -0.39 is 0 Å². The Labute approximate surface area is 84.9 Å². The van der Waals surface area contributed by atoms with Gasteiger partial charge in [0.15, 0.2) is 0 Å². The molecule has 2 rings (SSSR count). The van der Waals surface area contributed by atoms with Gasteiger partial charge in [0.2, 0.25) is 0 Å². The first-order chi connectivity index (χ1) is 6.79. The summed E-state index contributed by atoms with van der Waals surface area (Å²) < 4.78 is 1.86. The van der Waals surface area contributed by atoms with Gasteiger partial charge in [-0.2, -0.15) is 5.10 Å². The molecule has 2 heterocycles. The third-order valence-corrected chi connectivity index (χ3v) is 2.84. The van der Waals surface area contributed by atoms with Gasteiger partial charge in [-0.3, -0.25) is 4.68 Å². The fraction of sp³-hybridized carbons (Fsp3) is 0.700. The average molecular weight is 194 g/mol. The SMILES string of the molecule is CNCC1CCN(c2cnn(C)c2)C1. The fourth-order valence-corrected chi connectivity index (χ4v) is 2.09. The summed E-state index contributed by atoms with van der Waals surface area (Å²) in [5.41, 5.74) is 1.26. The van der Waals surface area contributed by atoms with Crippen LogP contribution in [0, 0.1) is 5.92 Å². The zero-order chi connectivity index (χ0) is 9.97. The van der Waals surface area contributed by atoms with Crippen molar-refractivity contribution in [3.05, 3.63) is 12.4 Å². The summed E-state index contributed by atoms with van der Waals surface area (Å²) >= 11 is 0. The third kappa shape index (κ3) is 1.90. The minimum Gasteiger partial charge on any atom is -0.369 e. The lowest BCUT2D eigenvalue weighted by Crippen LogP contribution is -2.23. The van der Waals surface area contributed by atoms with E-state index in [-0.39, 0.29) is 0 Å². The summed E-state index contributed by atoms with van der Waals surface area (Å²) in [7, 11) is 3.98. The molecule has 1 aromatic heterocycles. The molecule has 0 bridgehead atoms. The molecule has 4 nitrogen and oxygen atoms in total. The highest BCUT2D eigenvalue weighted by molar-refractivity contribution is 5.43. The van der Waals surface area contributed by atoms with Crippen LogP contribution in [0.5, 0.6) is 0 Å². The molecule has 1 atom stereocenters. The third-order valence-electron chi connectivity index (χ3n) is 2.84. The number of nitrogens with zero attached hydrogens (tertiary/aromatic N) is 3. The molecule has 1 unspecified atom stereocenters. The van der Waals surface area contributed by atoms with Gasteiger partial charge in [-0.15, -0.1) is 0 Å². The first-order valence-corrected chi connectivity index (χ1v) is 5.18. The van der Waals surface area contributed by atoms with Crippen molar-refractivity contribution < 1.29 is 0 Å². The second-order valence-corrected chi connectivity index (χ2v) is 4.03. The summed E-state index contributed by atoms with van der Waals surface area (Å²) in [6.07, 6.45) is 5.32. The highest BCUT2D eigenvalue weighted by atomic mass is 15.3. The normalized spacial score (nSPS) is 21.9. The Morgan fingerprint density at radius 2 is 2.50 bits per heavy atom. The molecule has 14 heavy (non-hydrogen) atoms. The molecule has 1 aliphatic rings. The minimum atomic E-state index is 0.792. The number of aryl methyl sites for hydroxylation is 1. The Bertz CT molecular complexity index is 294. The quantitative estimate of drug-likeness (QED) is 0.759. The van der Waals surface area contributed by atoms with E-state index in [0.29, 0.717) is 0 Å². The molecule has 78 valence electrons. The van der Waals surface area contributed by atoms with Crippen LogP contribution >= 0.6 is 0 Å². The Hall–Kier alpha value is -1.03. The van der Waals surface area contributed by atoms with Crippen molar-refractivity contribution in [2.24, 2.45) is 13.0 Å². The van der Waals surface area contributed by atoms with Crippen LogP contribution in [0.4, 0.5) is 5.69 Å². The van der Waals surface area contributed by atoms with Crippen LogP contribution in [0.25, 0.3) is 0 Å². The zero-order valence-electron chi connectivity index (χ0n) is 8.90. The molecule has 0 radical (unpaired) electrons. The van der Waals surface area contributed by atoms with Crippen molar-refractivity contribution in [3.63, 3.8) is 0 Å². The first kappa shape index (κ1) is 9.52. The molecule has 0 aromatic carbocycles. The fourth-order valence-electron chi connectivity index (χ4n) is 2.09. The maximum atomic E-state index is 4.19. The molecule has 1 fully saturated rings. The minimum absolute atomic E-state index is 0.792. The van der Waals surface area contributed by atoms with Gasteiger partial charge in [-0.25, -0.2) is 0 Å². The Kier molecular flexibility index (Phi) is 2.72. The summed E-state index contributed by atoms with van der Waals surface area (Å²) in [5.74, 6) is 0.792. The van der Waals surface area contributed by atoms with E-state index in [4.69, 9.17) is 0 Å². The molecule has 0 aliphatic carbocycles. The van der Waals surface area contributed by atoms with Gasteiger partial charge in [0.1, 0.15) is 0 Å². The molecule has 0 spiro atoms. The van der Waals surface area contributed by atoms with Crippen LogP contribution in [-0.2, 0) is 7.05 Å². The summed E-state index contributed by atoms with van der Waals surface area (Å²) in [5, 5.41) is 7.43. The van der Waals surface area contributed by atoms with Gasteiger partial charge < -0.3 is 10.2 Å². The van der Waals surface area contributed by atoms with Gasteiger partial charge in [0.25, 0.3) is 0 Å². The maximum Gasteiger partial charge on any atom is 0.0752 e. The van der Waals surface area contributed by atoms with Crippen LogP contribution in [0.15, 0.2) is 12.4 Å². The summed E-state index contributed by atoms with van der Waals surface area (Å²) in [4.78, 5) is 2.41. The Balaban J connectivity index is 1.95. The highest BCUT2D eigenvalue weighted by Crippen LogP contribution is 2.22. The number of hydrogen-bond donors (Lipinski definition) is 1. The number of nitrogens with one attached hydrogen (secondary N) is 1. The number of anilines is 1. The predicted octanol–water partition coefficient (Wildman–Crippen LogP) is 0.466. The lowest BCUT2D eigenvalue weighted by molar-refractivity contribution is 0.549. The standard InChI is InChI=1S/C10H18N4/c1-11-5-9-3-4-14(7-9)10-6-12-13(2)8-10/h6,8-9,11H,3-5,7H2,1-2H3. The van der Waals surface area contributed by atoms with E-state index in [1.807, 2.05) is 25.0 Å². The Morgan fingerprint density at radius 1 is 1.64 bits per heavy atom. The average Bonchev–Trinajstić information content (AvgIpc) is 2.74. The molecule has 4 heteroatoms. The van der Waals surface area contributed by atoms with E-state index in [0.717, 1.165) is 25.6 Å². The van der Waals surface area contributed by atoms with Crippen LogP contribution < -0.4 is 10.2 Å². The molecule has 0 amide bonds. The molecule has 1 N–H and O–H groups in total. The smallest absolute Gasteiger partial charge is 0.0752 e. The van der Waals surface area contributed by atoms with E-state index >= 15 is 0 Å². The topological polar surface area (TPSA) is 33.1 Å². The Morgan fingerprint density at radius 3 is 3.14 bits per heavy atom. The lowest BCUT2D eigenvalue weighted by atomic mass is 10.1. The number of aromatic nitrogens is 2. The van der Waals surface area contributed by atoms with Gasteiger partial charge in [0.05, 0.1) is 11.9 Å². The predicted molar refractivity (Wildman–Crippen MR) is 57.5 cm³/mol. The number of hydrogen-bond acceptors (Lipinski definition) is 3. The molecule has 1 saturated heterocycles. The van der Waals surface area contributed by atoms with E-state index in [2.05, 4.69) is 21.5 Å².